The normalized spacial score (nSPS) is 11.8. The molecule has 1 atom stereocenters. The van der Waals surface area contributed by atoms with E-state index in [0.717, 1.165) is 36.1 Å². The van der Waals surface area contributed by atoms with Crippen LogP contribution in [0, 0.1) is 0 Å². The third-order valence-corrected chi connectivity index (χ3v) is 4.50. The van der Waals surface area contributed by atoms with Crippen molar-refractivity contribution in [2.24, 2.45) is 0 Å². The number of anilines is 2. The summed E-state index contributed by atoms with van der Waals surface area (Å²) < 4.78 is 0. The highest BCUT2D eigenvalue weighted by Gasteiger charge is 2.13. The van der Waals surface area contributed by atoms with Gasteiger partial charge in [0.25, 0.3) is 0 Å². The van der Waals surface area contributed by atoms with Crippen molar-refractivity contribution in [2.45, 2.75) is 26.8 Å². The Morgan fingerprint density at radius 3 is 2.12 bits per heavy atom. The summed E-state index contributed by atoms with van der Waals surface area (Å²) in [5.74, 6) is 2.54. The van der Waals surface area contributed by atoms with Crippen LogP contribution in [0.1, 0.15) is 32.4 Å². The second kappa shape index (κ2) is 8.48. The summed E-state index contributed by atoms with van der Waals surface area (Å²) in [6.07, 6.45) is 0. The minimum Gasteiger partial charge on any atom is -0.363 e. The summed E-state index contributed by atoms with van der Waals surface area (Å²) >= 11 is 0. The number of nitrogens with one attached hydrogen (secondary N) is 1. The van der Waals surface area contributed by atoms with E-state index in [2.05, 4.69) is 55.3 Å². The highest BCUT2D eigenvalue weighted by atomic mass is 15.2. The van der Waals surface area contributed by atoms with E-state index in [-0.39, 0.29) is 6.04 Å². The van der Waals surface area contributed by atoms with Crippen LogP contribution >= 0.6 is 0 Å². The topological polar surface area (TPSA) is 41.0 Å². The van der Waals surface area contributed by atoms with E-state index in [1.807, 2.05) is 42.5 Å². The van der Waals surface area contributed by atoms with Crippen molar-refractivity contribution in [3.63, 3.8) is 0 Å². The number of rotatable bonds is 7. The van der Waals surface area contributed by atoms with Gasteiger partial charge in [0.05, 0.1) is 0 Å². The van der Waals surface area contributed by atoms with E-state index < -0.39 is 0 Å². The number of hydrogen-bond donors (Lipinski definition) is 1. The van der Waals surface area contributed by atoms with Crippen LogP contribution in [0.2, 0.25) is 0 Å². The first-order chi connectivity index (χ1) is 12.7. The Morgan fingerprint density at radius 2 is 1.50 bits per heavy atom. The molecule has 0 amide bonds. The molecule has 0 fully saturated rings. The maximum Gasteiger partial charge on any atom is 0.163 e. The SMILES string of the molecule is CCN(CC)c1cc(NC(C)c2ccccc2)nc(-c2ccccc2)n1. The molecule has 0 saturated heterocycles. The van der Waals surface area contributed by atoms with E-state index in [9.17, 15) is 0 Å². The standard InChI is InChI=1S/C22H26N4/c1-4-26(5-2)21-16-20(23-17(3)18-12-8-6-9-13-18)24-22(25-21)19-14-10-7-11-15-19/h6-17H,4-5H2,1-3H3,(H,23,24,25). The van der Waals surface area contributed by atoms with Crippen molar-refractivity contribution in [2.75, 3.05) is 23.3 Å². The molecule has 4 nitrogen and oxygen atoms in total. The summed E-state index contributed by atoms with van der Waals surface area (Å²) in [5.41, 5.74) is 2.26. The Balaban J connectivity index is 1.97. The number of aromatic nitrogens is 2. The lowest BCUT2D eigenvalue weighted by molar-refractivity contribution is 0.836. The van der Waals surface area contributed by atoms with Crippen LogP contribution in [0.25, 0.3) is 11.4 Å². The summed E-state index contributed by atoms with van der Waals surface area (Å²) in [4.78, 5) is 11.8. The molecule has 0 bridgehead atoms. The third kappa shape index (κ3) is 4.20. The van der Waals surface area contributed by atoms with Gasteiger partial charge in [0.15, 0.2) is 5.82 Å². The minimum atomic E-state index is 0.166. The second-order valence-corrected chi connectivity index (χ2v) is 6.25. The van der Waals surface area contributed by atoms with Gasteiger partial charge in [-0.15, -0.1) is 0 Å². The van der Waals surface area contributed by atoms with Crippen molar-refractivity contribution in [1.29, 1.82) is 0 Å². The van der Waals surface area contributed by atoms with Crippen molar-refractivity contribution in [3.05, 3.63) is 72.3 Å². The summed E-state index contributed by atoms with van der Waals surface area (Å²) in [6.45, 7) is 8.27. The molecule has 1 heterocycles. The zero-order chi connectivity index (χ0) is 18.4. The molecule has 0 saturated carbocycles. The van der Waals surface area contributed by atoms with Crippen LogP contribution < -0.4 is 10.2 Å². The van der Waals surface area contributed by atoms with Gasteiger partial charge in [-0.3, -0.25) is 0 Å². The van der Waals surface area contributed by atoms with Crippen molar-refractivity contribution < 1.29 is 0 Å². The first-order valence-corrected chi connectivity index (χ1v) is 9.22. The monoisotopic (exact) mass is 346 g/mol. The molecule has 1 N–H and O–H groups in total. The first-order valence-electron chi connectivity index (χ1n) is 9.22. The predicted molar refractivity (Wildman–Crippen MR) is 110 cm³/mol. The zero-order valence-corrected chi connectivity index (χ0v) is 15.7. The van der Waals surface area contributed by atoms with Gasteiger partial charge in [0, 0.05) is 30.8 Å². The average Bonchev–Trinajstić information content (AvgIpc) is 2.70. The molecule has 4 heteroatoms. The van der Waals surface area contributed by atoms with Gasteiger partial charge in [0.1, 0.15) is 11.6 Å². The molecule has 3 rings (SSSR count). The zero-order valence-electron chi connectivity index (χ0n) is 15.7. The predicted octanol–water partition coefficient (Wildman–Crippen LogP) is 5.16. The lowest BCUT2D eigenvalue weighted by atomic mass is 10.1. The highest BCUT2D eigenvalue weighted by Crippen LogP contribution is 2.25. The van der Waals surface area contributed by atoms with E-state index >= 15 is 0 Å². The fourth-order valence-electron chi connectivity index (χ4n) is 2.98. The number of nitrogens with zero attached hydrogens (tertiary/aromatic N) is 3. The molecule has 26 heavy (non-hydrogen) atoms. The lowest BCUT2D eigenvalue weighted by Gasteiger charge is -2.22. The molecule has 0 spiro atoms. The van der Waals surface area contributed by atoms with Crippen molar-refractivity contribution in [3.8, 4) is 11.4 Å². The average molecular weight is 346 g/mol. The van der Waals surface area contributed by atoms with E-state index in [1.54, 1.807) is 0 Å². The highest BCUT2D eigenvalue weighted by molar-refractivity contribution is 5.62. The first kappa shape index (κ1) is 17.9. The maximum absolute atomic E-state index is 4.80. The van der Waals surface area contributed by atoms with Gasteiger partial charge in [0.2, 0.25) is 0 Å². The third-order valence-electron chi connectivity index (χ3n) is 4.50. The molecular weight excluding hydrogens is 320 g/mol. The largest absolute Gasteiger partial charge is 0.363 e. The molecule has 1 aromatic heterocycles. The van der Waals surface area contributed by atoms with Crippen LogP contribution in [0.15, 0.2) is 66.7 Å². The number of hydrogen-bond acceptors (Lipinski definition) is 4. The van der Waals surface area contributed by atoms with Gasteiger partial charge >= 0.3 is 0 Å². The van der Waals surface area contributed by atoms with Crippen LogP contribution in [0.3, 0.4) is 0 Å². The summed E-state index contributed by atoms with van der Waals surface area (Å²) in [6, 6.07) is 22.8. The molecule has 0 aliphatic heterocycles. The Kier molecular flexibility index (Phi) is 5.84. The Hall–Kier alpha value is -2.88. The van der Waals surface area contributed by atoms with Gasteiger partial charge in [-0.2, -0.15) is 0 Å². The molecule has 134 valence electrons. The van der Waals surface area contributed by atoms with Gasteiger partial charge in [-0.1, -0.05) is 60.7 Å². The van der Waals surface area contributed by atoms with Crippen LogP contribution in [0.4, 0.5) is 11.6 Å². The molecule has 3 aromatic rings. The van der Waals surface area contributed by atoms with E-state index in [1.165, 1.54) is 5.56 Å². The Labute approximate surface area is 155 Å². The van der Waals surface area contributed by atoms with Crippen LogP contribution in [-0.2, 0) is 0 Å². The van der Waals surface area contributed by atoms with Crippen molar-refractivity contribution in [1.82, 2.24) is 9.97 Å². The van der Waals surface area contributed by atoms with E-state index in [4.69, 9.17) is 9.97 Å². The smallest absolute Gasteiger partial charge is 0.163 e. The van der Waals surface area contributed by atoms with Gasteiger partial charge in [-0.05, 0) is 26.3 Å². The van der Waals surface area contributed by atoms with E-state index in [0.29, 0.717) is 0 Å². The molecule has 0 aliphatic carbocycles. The van der Waals surface area contributed by atoms with Crippen LogP contribution in [-0.4, -0.2) is 23.1 Å². The molecule has 1 unspecified atom stereocenters. The fourth-order valence-corrected chi connectivity index (χ4v) is 2.98. The molecule has 0 radical (unpaired) electrons. The molecular formula is C22H26N4. The maximum atomic E-state index is 4.80. The quantitative estimate of drug-likeness (QED) is 0.641. The Bertz CT molecular complexity index is 814. The summed E-state index contributed by atoms with van der Waals surface area (Å²) in [7, 11) is 0. The van der Waals surface area contributed by atoms with Crippen molar-refractivity contribution >= 4 is 11.6 Å². The summed E-state index contributed by atoms with van der Waals surface area (Å²) in [5, 5.41) is 3.53. The Morgan fingerprint density at radius 1 is 0.885 bits per heavy atom. The minimum absolute atomic E-state index is 0.166. The number of benzene rings is 2. The van der Waals surface area contributed by atoms with Gasteiger partial charge < -0.3 is 10.2 Å². The lowest BCUT2D eigenvalue weighted by Crippen LogP contribution is -2.23. The molecule has 0 aliphatic rings. The second-order valence-electron chi connectivity index (χ2n) is 6.25. The molecule has 2 aromatic carbocycles. The van der Waals surface area contributed by atoms with Crippen LogP contribution in [0.5, 0.6) is 0 Å². The fraction of sp³-hybridized carbons (Fsp3) is 0.273. The van der Waals surface area contributed by atoms with Gasteiger partial charge in [-0.25, -0.2) is 9.97 Å².